The van der Waals surface area contributed by atoms with Gasteiger partial charge in [-0.1, -0.05) is 80.1 Å². The lowest BCUT2D eigenvalue weighted by atomic mass is 9.91. The lowest BCUT2D eigenvalue weighted by molar-refractivity contribution is -0.127. The van der Waals surface area contributed by atoms with Crippen LogP contribution in [0.1, 0.15) is 73.1 Å². The highest BCUT2D eigenvalue weighted by molar-refractivity contribution is 6.04. The second-order valence-electron chi connectivity index (χ2n) is 12.6. The van der Waals surface area contributed by atoms with Crippen molar-refractivity contribution >= 4 is 28.8 Å². The van der Waals surface area contributed by atoms with Gasteiger partial charge in [-0.15, -0.1) is 0 Å². The highest BCUT2D eigenvalue weighted by Gasteiger charge is 2.46. The van der Waals surface area contributed by atoms with Crippen LogP contribution in [0.2, 0.25) is 0 Å². The van der Waals surface area contributed by atoms with Crippen molar-refractivity contribution in [2.45, 2.75) is 65.1 Å². The number of ether oxygens (including phenoxy) is 1. The van der Waals surface area contributed by atoms with Crippen LogP contribution < -0.4 is 5.32 Å². The maximum absolute atomic E-state index is 14.4. The molecule has 8 heteroatoms. The molecule has 3 heterocycles. The van der Waals surface area contributed by atoms with Crippen LogP contribution in [0.15, 0.2) is 72.8 Å². The van der Waals surface area contributed by atoms with Crippen molar-refractivity contribution in [3.63, 3.8) is 0 Å². The number of carbonyl (C=O) groups excluding carboxylic acids is 3. The van der Waals surface area contributed by atoms with Crippen LogP contribution in [0, 0.1) is 12.8 Å². The first-order chi connectivity index (χ1) is 21.8. The Bertz CT molecular complexity index is 1700. The quantitative estimate of drug-likeness (QED) is 0.230. The van der Waals surface area contributed by atoms with Gasteiger partial charge in [0.15, 0.2) is 0 Å². The van der Waals surface area contributed by atoms with Gasteiger partial charge in [0.05, 0.1) is 18.3 Å². The fourth-order valence-corrected chi connectivity index (χ4v) is 6.86. The van der Waals surface area contributed by atoms with E-state index in [-0.39, 0.29) is 29.9 Å². The van der Waals surface area contributed by atoms with E-state index >= 15 is 0 Å². The van der Waals surface area contributed by atoms with Crippen LogP contribution in [0.5, 0.6) is 0 Å². The molecule has 0 aliphatic carbocycles. The van der Waals surface area contributed by atoms with Gasteiger partial charge in [-0.3, -0.25) is 9.59 Å². The van der Waals surface area contributed by atoms with Crippen molar-refractivity contribution < 1.29 is 19.1 Å². The molecule has 0 bridgehead atoms. The maximum Gasteiger partial charge on any atom is 0.409 e. The minimum atomic E-state index is -0.683. The zero-order valence-corrected chi connectivity index (χ0v) is 26.5. The van der Waals surface area contributed by atoms with Gasteiger partial charge < -0.3 is 24.8 Å². The number of nitrogens with zero attached hydrogens (tertiary/aromatic N) is 2. The second-order valence-corrected chi connectivity index (χ2v) is 12.6. The minimum Gasteiger partial charge on any atom is -0.450 e. The molecule has 0 saturated carbocycles. The fourth-order valence-electron chi connectivity index (χ4n) is 6.86. The monoisotopic (exact) mass is 606 g/mol. The standard InChI is InChI=1S/C37H42N4O4/c1-5-45-37(44)40-20-18-26(19-21-40)38-35(42)31(22-23(2)3)41-34(27-10-6-7-11-28(27)36(41)43)32-29-12-8-9-13-30(29)39-33(32)25-16-14-24(4)15-17-25/h6-17,23,26,31,34,39H,5,18-22H2,1-4H3,(H,38,42). The highest BCUT2D eigenvalue weighted by Crippen LogP contribution is 2.47. The summed E-state index contributed by atoms with van der Waals surface area (Å²) in [4.78, 5) is 48.1. The number of nitrogens with one attached hydrogen (secondary N) is 2. The van der Waals surface area contributed by atoms with E-state index in [0.717, 1.165) is 33.3 Å². The first-order valence-electron chi connectivity index (χ1n) is 16.1. The molecule has 2 unspecified atom stereocenters. The van der Waals surface area contributed by atoms with Crippen LogP contribution >= 0.6 is 0 Å². The second kappa shape index (κ2) is 12.8. The Morgan fingerprint density at radius 2 is 1.67 bits per heavy atom. The van der Waals surface area contributed by atoms with Crippen molar-refractivity contribution in [3.05, 3.63) is 95.1 Å². The summed E-state index contributed by atoms with van der Waals surface area (Å²) in [5.74, 6) is -0.113. The normalized spacial score (nSPS) is 17.5. The summed E-state index contributed by atoms with van der Waals surface area (Å²) in [6, 6.07) is 23.1. The predicted octanol–water partition coefficient (Wildman–Crippen LogP) is 6.84. The van der Waals surface area contributed by atoms with Crippen molar-refractivity contribution in [1.29, 1.82) is 0 Å². The number of piperidine rings is 1. The maximum atomic E-state index is 14.4. The zero-order valence-electron chi connectivity index (χ0n) is 26.5. The smallest absolute Gasteiger partial charge is 0.409 e. The van der Waals surface area contributed by atoms with Gasteiger partial charge in [0.2, 0.25) is 5.91 Å². The van der Waals surface area contributed by atoms with Crippen molar-refractivity contribution in [2.24, 2.45) is 5.92 Å². The van der Waals surface area contributed by atoms with Crippen molar-refractivity contribution in [2.75, 3.05) is 19.7 Å². The molecule has 2 aliphatic heterocycles. The number of aryl methyl sites for hydroxylation is 1. The Balaban J connectivity index is 1.40. The van der Waals surface area contributed by atoms with E-state index in [9.17, 15) is 14.4 Å². The van der Waals surface area contributed by atoms with E-state index in [1.807, 2.05) is 41.3 Å². The van der Waals surface area contributed by atoms with Crippen LogP contribution in [-0.2, 0) is 9.53 Å². The molecule has 2 aliphatic rings. The average molecular weight is 607 g/mol. The van der Waals surface area contributed by atoms with Gasteiger partial charge in [0, 0.05) is 41.2 Å². The van der Waals surface area contributed by atoms with E-state index in [1.165, 1.54) is 5.56 Å². The zero-order chi connectivity index (χ0) is 31.7. The van der Waals surface area contributed by atoms with E-state index in [1.54, 1.807) is 11.8 Å². The molecule has 0 spiro atoms. The number of amides is 3. The largest absolute Gasteiger partial charge is 0.450 e. The summed E-state index contributed by atoms with van der Waals surface area (Å²) in [6.07, 6.45) is 1.48. The van der Waals surface area contributed by atoms with Crippen LogP contribution in [0.4, 0.5) is 4.79 Å². The van der Waals surface area contributed by atoms with Crippen molar-refractivity contribution in [1.82, 2.24) is 20.1 Å². The summed E-state index contributed by atoms with van der Waals surface area (Å²) < 4.78 is 5.17. The molecule has 2 atom stereocenters. The minimum absolute atomic E-state index is 0.0902. The first-order valence-corrected chi connectivity index (χ1v) is 16.1. The van der Waals surface area contributed by atoms with E-state index in [0.29, 0.717) is 44.5 Å². The molecule has 3 aromatic carbocycles. The molecule has 1 fully saturated rings. The summed E-state index contributed by atoms with van der Waals surface area (Å²) in [7, 11) is 0. The fraction of sp³-hybridized carbons (Fsp3) is 0.378. The van der Waals surface area contributed by atoms with Gasteiger partial charge in [-0.2, -0.15) is 0 Å². The molecule has 1 aromatic heterocycles. The van der Waals surface area contributed by atoms with E-state index in [2.05, 4.69) is 67.5 Å². The number of fused-ring (bicyclic) bond motifs is 2. The Morgan fingerprint density at radius 3 is 2.38 bits per heavy atom. The number of benzene rings is 3. The highest BCUT2D eigenvalue weighted by atomic mass is 16.6. The number of aromatic amines is 1. The number of hydrogen-bond acceptors (Lipinski definition) is 4. The molecule has 8 nitrogen and oxygen atoms in total. The average Bonchev–Trinajstić information content (AvgIpc) is 3.55. The number of rotatable bonds is 8. The molecule has 2 N–H and O–H groups in total. The Hall–Kier alpha value is -4.59. The van der Waals surface area contributed by atoms with Gasteiger partial charge >= 0.3 is 6.09 Å². The SMILES string of the molecule is CCOC(=O)N1CCC(NC(=O)C(CC(C)C)N2C(=O)c3ccccc3C2c2c(-c3ccc(C)cc3)[nH]c3ccccc23)CC1. The molecule has 45 heavy (non-hydrogen) atoms. The summed E-state index contributed by atoms with van der Waals surface area (Å²) in [6.45, 7) is 9.41. The van der Waals surface area contributed by atoms with Crippen LogP contribution in [-0.4, -0.2) is 64.5 Å². The van der Waals surface area contributed by atoms with Gasteiger partial charge in [-0.05, 0) is 62.3 Å². The third kappa shape index (κ3) is 5.93. The molecule has 3 amide bonds. The molecular weight excluding hydrogens is 564 g/mol. The molecule has 0 radical (unpaired) electrons. The topological polar surface area (TPSA) is 94.7 Å². The Labute approximate surface area is 264 Å². The van der Waals surface area contributed by atoms with E-state index < -0.39 is 12.1 Å². The van der Waals surface area contributed by atoms with Crippen molar-refractivity contribution in [3.8, 4) is 11.3 Å². The first kappa shape index (κ1) is 30.4. The predicted molar refractivity (Wildman–Crippen MR) is 176 cm³/mol. The Kier molecular flexibility index (Phi) is 8.65. The van der Waals surface area contributed by atoms with Crippen LogP contribution in [0.3, 0.4) is 0 Å². The van der Waals surface area contributed by atoms with Crippen LogP contribution in [0.25, 0.3) is 22.2 Å². The lowest BCUT2D eigenvalue weighted by Gasteiger charge is -2.37. The molecule has 6 rings (SSSR count). The van der Waals surface area contributed by atoms with Gasteiger partial charge in [0.25, 0.3) is 5.91 Å². The lowest BCUT2D eigenvalue weighted by Crippen LogP contribution is -2.54. The number of carbonyl (C=O) groups is 3. The number of H-pyrrole nitrogens is 1. The molecule has 234 valence electrons. The number of para-hydroxylation sites is 1. The molecular formula is C37H42N4O4. The number of likely N-dealkylation sites (tertiary alicyclic amines) is 1. The number of aromatic nitrogens is 1. The number of hydrogen-bond donors (Lipinski definition) is 2. The van der Waals surface area contributed by atoms with Gasteiger partial charge in [-0.25, -0.2) is 4.79 Å². The van der Waals surface area contributed by atoms with E-state index in [4.69, 9.17) is 4.74 Å². The Morgan fingerprint density at radius 1 is 0.978 bits per heavy atom. The summed E-state index contributed by atoms with van der Waals surface area (Å²) in [5, 5.41) is 4.31. The third-order valence-electron chi connectivity index (χ3n) is 9.06. The summed E-state index contributed by atoms with van der Waals surface area (Å²) >= 11 is 0. The van der Waals surface area contributed by atoms with Gasteiger partial charge in [0.1, 0.15) is 6.04 Å². The molecule has 4 aromatic rings. The molecule has 1 saturated heterocycles. The summed E-state index contributed by atoms with van der Waals surface area (Å²) in [5.41, 5.74) is 6.67. The third-order valence-corrected chi connectivity index (χ3v) is 9.06.